The molecule has 1 aliphatic heterocycles. The van der Waals surface area contributed by atoms with Gasteiger partial charge in [-0.2, -0.15) is 0 Å². The molecule has 0 saturated carbocycles. The Morgan fingerprint density at radius 2 is 1.63 bits per heavy atom. The van der Waals surface area contributed by atoms with E-state index >= 15 is 0 Å². The summed E-state index contributed by atoms with van der Waals surface area (Å²) < 4.78 is 5.79. The predicted octanol–water partition coefficient (Wildman–Crippen LogP) is 4.49. The van der Waals surface area contributed by atoms with Crippen LogP contribution in [0, 0.1) is 6.92 Å². The topological polar surface area (TPSA) is 82.1 Å². The number of aromatic carboxylic acids is 1. The molecule has 3 aromatic rings. The second kappa shape index (κ2) is 9.43. The summed E-state index contributed by atoms with van der Waals surface area (Å²) in [6.07, 6.45) is -0.515. The van der Waals surface area contributed by atoms with Crippen molar-refractivity contribution in [3.05, 3.63) is 82.9 Å². The number of carboxylic acid groups (broad SMARTS) is 1. The maximum absolute atomic E-state index is 13.1. The zero-order valence-electron chi connectivity index (χ0n) is 20.0. The third-order valence-electron chi connectivity index (χ3n) is 7.05. The molecule has 180 valence electrons. The highest BCUT2D eigenvalue weighted by atomic mass is 16.6. The zero-order chi connectivity index (χ0) is 24.5. The lowest BCUT2D eigenvalue weighted by Gasteiger charge is -2.32. The molecule has 1 amide bonds. The van der Waals surface area contributed by atoms with Crippen LogP contribution in [0.5, 0.6) is 0 Å². The Labute approximate surface area is 204 Å². The fourth-order valence-corrected chi connectivity index (χ4v) is 5.13. The third-order valence-corrected chi connectivity index (χ3v) is 7.05. The highest BCUT2D eigenvalue weighted by Gasteiger charge is 2.30. The predicted molar refractivity (Wildman–Crippen MR) is 137 cm³/mol. The van der Waals surface area contributed by atoms with Crippen LogP contribution in [0.4, 0.5) is 16.2 Å². The first-order valence-electron chi connectivity index (χ1n) is 11.9. The number of benzene rings is 3. The summed E-state index contributed by atoms with van der Waals surface area (Å²) >= 11 is 0. The van der Waals surface area contributed by atoms with Gasteiger partial charge in [-0.1, -0.05) is 48.5 Å². The van der Waals surface area contributed by atoms with E-state index < -0.39 is 12.1 Å². The van der Waals surface area contributed by atoms with Crippen LogP contribution in [0.2, 0.25) is 0 Å². The number of nitrogens with one attached hydrogen (secondary N) is 1. The molecule has 2 aliphatic rings. The Kier molecular flexibility index (Phi) is 6.17. The van der Waals surface area contributed by atoms with Crippen molar-refractivity contribution in [3.8, 4) is 11.1 Å². The Balaban J connectivity index is 1.38. The maximum Gasteiger partial charge on any atom is 0.414 e. The Morgan fingerprint density at radius 3 is 2.23 bits per heavy atom. The standard InChI is InChI=1S/C28H29N3O4/c1-18-24(27(32)33)15-19(16-26(18)31-13-11-29-12-14-31)30(2)28(34)35-17-25-22-9-5-3-7-20(22)21-8-4-6-10-23(21)25/h3-10,15-16,25,29H,11-14,17H2,1-2H3,(H,32,33). The maximum atomic E-state index is 13.1. The van der Waals surface area contributed by atoms with Crippen molar-refractivity contribution >= 4 is 23.4 Å². The molecule has 0 radical (unpaired) electrons. The molecule has 0 bridgehead atoms. The summed E-state index contributed by atoms with van der Waals surface area (Å²) in [4.78, 5) is 28.6. The molecule has 1 fully saturated rings. The lowest BCUT2D eigenvalue weighted by molar-refractivity contribution is 0.0696. The second-order valence-corrected chi connectivity index (χ2v) is 9.04. The number of nitrogens with zero attached hydrogens (tertiary/aromatic N) is 2. The number of fused-ring (bicyclic) bond motifs is 3. The molecule has 0 atom stereocenters. The van der Waals surface area contributed by atoms with E-state index in [1.807, 2.05) is 37.3 Å². The molecule has 35 heavy (non-hydrogen) atoms. The minimum atomic E-state index is -1.01. The molecular weight excluding hydrogens is 442 g/mol. The van der Waals surface area contributed by atoms with Crippen LogP contribution in [-0.2, 0) is 4.74 Å². The van der Waals surface area contributed by atoms with Crippen LogP contribution in [0.25, 0.3) is 11.1 Å². The molecule has 1 saturated heterocycles. The van der Waals surface area contributed by atoms with E-state index in [1.165, 1.54) is 16.0 Å². The van der Waals surface area contributed by atoms with E-state index in [0.29, 0.717) is 11.3 Å². The number of carbonyl (C=O) groups excluding carboxylic acids is 1. The summed E-state index contributed by atoms with van der Waals surface area (Å²) in [7, 11) is 1.62. The Hall–Kier alpha value is -3.84. The van der Waals surface area contributed by atoms with E-state index in [-0.39, 0.29) is 18.1 Å². The van der Waals surface area contributed by atoms with Crippen LogP contribution in [0.1, 0.15) is 33.0 Å². The van der Waals surface area contributed by atoms with Crippen molar-refractivity contribution in [2.45, 2.75) is 12.8 Å². The first-order valence-corrected chi connectivity index (χ1v) is 11.9. The summed E-state index contributed by atoms with van der Waals surface area (Å²) in [6.45, 7) is 5.23. The van der Waals surface area contributed by atoms with Gasteiger partial charge in [-0.3, -0.25) is 4.90 Å². The number of hydrogen-bond acceptors (Lipinski definition) is 5. The largest absolute Gasteiger partial charge is 0.478 e. The van der Waals surface area contributed by atoms with Gasteiger partial charge in [0.1, 0.15) is 6.61 Å². The normalized spacial score (nSPS) is 14.9. The smallest absolute Gasteiger partial charge is 0.414 e. The quantitative estimate of drug-likeness (QED) is 0.571. The number of ether oxygens (including phenoxy) is 1. The molecule has 0 spiro atoms. The Morgan fingerprint density at radius 1 is 1.03 bits per heavy atom. The van der Waals surface area contributed by atoms with Crippen molar-refractivity contribution in [1.29, 1.82) is 0 Å². The van der Waals surface area contributed by atoms with Gasteiger partial charge in [0.25, 0.3) is 0 Å². The van der Waals surface area contributed by atoms with Gasteiger partial charge < -0.3 is 20.1 Å². The average molecular weight is 472 g/mol. The number of piperazine rings is 1. The van der Waals surface area contributed by atoms with E-state index in [4.69, 9.17) is 4.74 Å². The lowest BCUT2D eigenvalue weighted by Crippen LogP contribution is -2.44. The summed E-state index contributed by atoms with van der Waals surface area (Å²) in [5.74, 6) is -1.05. The molecule has 1 aliphatic carbocycles. The summed E-state index contributed by atoms with van der Waals surface area (Å²) in [6, 6.07) is 19.8. The van der Waals surface area contributed by atoms with E-state index in [9.17, 15) is 14.7 Å². The lowest BCUT2D eigenvalue weighted by atomic mass is 9.98. The molecule has 1 heterocycles. The third kappa shape index (κ3) is 4.23. The van der Waals surface area contributed by atoms with E-state index in [1.54, 1.807) is 13.1 Å². The number of anilines is 2. The van der Waals surface area contributed by atoms with Crippen molar-refractivity contribution in [2.24, 2.45) is 0 Å². The Bertz CT molecular complexity index is 1240. The highest BCUT2D eigenvalue weighted by molar-refractivity contribution is 5.96. The molecule has 7 heteroatoms. The van der Waals surface area contributed by atoms with Crippen LogP contribution >= 0.6 is 0 Å². The SMILES string of the molecule is Cc1c(C(=O)O)cc(N(C)C(=O)OCC2c3ccccc3-c3ccccc32)cc1N1CCNCC1. The fraction of sp³-hybridized carbons (Fsp3) is 0.286. The number of carbonyl (C=O) groups is 2. The van der Waals surface area contributed by atoms with Gasteiger partial charge in [0, 0.05) is 50.5 Å². The van der Waals surface area contributed by atoms with E-state index in [2.05, 4.69) is 34.5 Å². The number of amides is 1. The molecule has 5 rings (SSSR count). The number of rotatable bonds is 5. The minimum Gasteiger partial charge on any atom is -0.478 e. The van der Waals surface area contributed by atoms with Gasteiger partial charge >= 0.3 is 12.1 Å². The van der Waals surface area contributed by atoms with E-state index in [0.717, 1.165) is 43.0 Å². The molecule has 0 aromatic heterocycles. The fourth-order valence-electron chi connectivity index (χ4n) is 5.13. The summed E-state index contributed by atoms with van der Waals surface area (Å²) in [5.41, 5.74) is 6.85. The van der Waals surface area contributed by atoms with Gasteiger partial charge in [0.2, 0.25) is 0 Å². The molecule has 0 unspecified atom stereocenters. The zero-order valence-corrected chi connectivity index (χ0v) is 20.0. The molecule has 3 aromatic carbocycles. The molecule has 2 N–H and O–H groups in total. The number of carboxylic acids is 1. The van der Waals surface area contributed by atoms with Crippen molar-refractivity contribution in [1.82, 2.24) is 5.32 Å². The second-order valence-electron chi connectivity index (χ2n) is 9.04. The monoisotopic (exact) mass is 471 g/mol. The van der Waals surface area contributed by atoms with Crippen LogP contribution in [-0.4, -0.2) is 57.0 Å². The van der Waals surface area contributed by atoms with Crippen molar-refractivity contribution in [2.75, 3.05) is 49.6 Å². The van der Waals surface area contributed by atoms with Gasteiger partial charge in [-0.15, -0.1) is 0 Å². The van der Waals surface area contributed by atoms with Crippen LogP contribution in [0.15, 0.2) is 60.7 Å². The molecule has 7 nitrogen and oxygen atoms in total. The van der Waals surface area contributed by atoms with Crippen molar-refractivity contribution in [3.63, 3.8) is 0 Å². The highest BCUT2D eigenvalue weighted by Crippen LogP contribution is 2.44. The van der Waals surface area contributed by atoms with Crippen molar-refractivity contribution < 1.29 is 19.4 Å². The number of hydrogen-bond donors (Lipinski definition) is 2. The van der Waals surface area contributed by atoms with Gasteiger partial charge in [0.05, 0.1) is 5.56 Å². The minimum absolute atomic E-state index is 0.0382. The van der Waals surface area contributed by atoms with Gasteiger partial charge in [-0.05, 0) is 46.9 Å². The van der Waals surface area contributed by atoms with Gasteiger partial charge in [0.15, 0.2) is 0 Å². The van der Waals surface area contributed by atoms with Crippen LogP contribution in [0.3, 0.4) is 0 Å². The first-order chi connectivity index (χ1) is 17.0. The van der Waals surface area contributed by atoms with Gasteiger partial charge in [-0.25, -0.2) is 9.59 Å². The summed E-state index contributed by atoms with van der Waals surface area (Å²) in [5, 5.41) is 13.1. The van der Waals surface area contributed by atoms with Crippen LogP contribution < -0.4 is 15.1 Å². The molecular formula is C28H29N3O4. The first kappa shape index (κ1) is 22.9. The average Bonchev–Trinajstić information content (AvgIpc) is 3.21.